The maximum atomic E-state index is 14.1. The molecule has 0 aliphatic carbocycles. The van der Waals surface area contributed by atoms with E-state index in [0.29, 0.717) is 24.5 Å². The maximum absolute atomic E-state index is 14.1. The number of para-hydroxylation sites is 2. The molecule has 0 heterocycles. The summed E-state index contributed by atoms with van der Waals surface area (Å²) in [6.45, 7) is 5.67. The number of rotatable bonds is 14. The van der Waals surface area contributed by atoms with E-state index in [4.69, 9.17) is 9.47 Å². The first-order valence-electron chi connectivity index (χ1n) is 13.6. The van der Waals surface area contributed by atoms with Crippen molar-refractivity contribution in [3.8, 4) is 11.5 Å². The molecule has 9 nitrogen and oxygen atoms in total. The molecule has 3 rings (SSSR count). The number of nitrogens with zero attached hydrogens (tertiary/aromatic N) is 2. The van der Waals surface area contributed by atoms with Crippen LogP contribution in [0.15, 0.2) is 77.7 Å². The summed E-state index contributed by atoms with van der Waals surface area (Å²) in [5.41, 5.74) is 1.89. The van der Waals surface area contributed by atoms with Gasteiger partial charge < -0.3 is 19.7 Å². The highest BCUT2D eigenvalue weighted by Crippen LogP contribution is 2.32. The summed E-state index contributed by atoms with van der Waals surface area (Å²) in [7, 11) is -1.18. The predicted octanol–water partition coefficient (Wildman–Crippen LogP) is 4.54. The van der Waals surface area contributed by atoms with Crippen molar-refractivity contribution >= 4 is 27.5 Å². The number of ether oxygens (including phenoxy) is 2. The molecule has 10 heteroatoms. The van der Waals surface area contributed by atoms with E-state index in [-0.39, 0.29) is 23.0 Å². The fourth-order valence-electron chi connectivity index (χ4n) is 4.40. The lowest BCUT2D eigenvalue weighted by Gasteiger charge is -2.33. The molecule has 0 aliphatic heterocycles. The molecular formula is C31H39N3O6S. The lowest BCUT2D eigenvalue weighted by molar-refractivity contribution is -0.140. The van der Waals surface area contributed by atoms with Gasteiger partial charge in [0.1, 0.15) is 24.1 Å². The zero-order valence-electron chi connectivity index (χ0n) is 24.3. The summed E-state index contributed by atoms with van der Waals surface area (Å²) in [5, 5.41) is 2.88. The van der Waals surface area contributed by atoms with Crippen molar-refractivity contribution in [1.29, 1.82) is 0 Å². The molecule has 0 bridgehead atoms. The van der Waals surface area contributed by atoms with Crippen LogP contribution in [0.4, 0.5) is 5.69 Å². The molecule has 3 aromatic carbocycles. The topological polar surface area (TPSA) is 105 Å². The second kappa shape index (κ2) is 14.5. The van der Waals surface area contributed by atoms with E-state index < -0.39 is 28.5 Å². The Hall–Kier alpha value is -4.05. The van der Waals surface area contributed by atoms with Crippen molar-refractivity contribution in [2.75, 3.05) is 31.6 Å². The molecule has 1 N–H and O–H groups in total. The molecule has 3 aromatic rings. The number of hydrogen-bond acceptors (Lipinski definition) is 6. The van der Waals surface area contributed by atoms with Crippen LogP contribution in [-0.4, -0.2) is 58.5 Å². The Balaban J connectivity index is 2.08. The largest absolute Gasteiger partial charge is 0.497 e. The molecule has 220 valence electrons. The van der Waals surface area contributed by atoms with Gasteiger partial charge in [0, 0.05) is 13.1 Å². The van der Waals surface area contributed by atoms with E-state index in [1.54, 1.807) is 55.6 Å². The highest BCUT2D eigenvalue weighted by Gasteiger charge is 2.34. The normalized spacial score (nSPS) is 11.8. The van der Waals surface area contributed by atoms with E-state index in [9.17, 15) is 18.0 Å². The van der Waals surface area contributed by atoms with E-state index in [1.165, 1.54) is 24.1 Å². The summed E-state index contributed by atoms with van der Waals surface area (Å²) >= 11 is 0. The van der Waals surface area contributed by atoms with Gasteiger partial charge in [0.15, 0.2) is 0 Å². The van der Waals surface area contributed by atoms with Gasteiger partial charge in [-0.15, -0.1) is 0 Å². The number of amides is 2. The Kier molecular flexibility index (Phi) is 11.2. The molecular weight excluding hydrogens is 542 g/mol. The van der Waals surface area contributed by atoms with Gasteiger partial charge in [-0.2, -0.15) is 0 Å². The molecule has 41 heavy (non-hydrogen) atoms. The number of benzene rings is 3. The van der Waals surface area contributed by atoms with Crippen LogP contribution >= 0.6 is 0 Å². The number of aryl methyl sites for hydroxylation is 1. The first-order chi connectivity index (χ1) is 19.7. The van der Waals surface area contributed by atoms with Crippen LogP contribution < -0.4 is 19.1 Å². The van der Waals surface area contributed by atoms with Crippen molar-refractivity contribution in [1.82, 2.24) is 10.2 Å². The monoisotopic (exact) mass is 581 g/mol. The third-order valence-electron chi connectivity index (χ3n) is 6.69. The maximum Gasteiger partial charge on any atom is 0.264 e. The zero-order valence-corrected chi connectivity index (χ0v) is 25.1. The average molecular weight is 582 g/mol. The minimum atomic E-state index is -4.19. The lowest BCUT2D eigenvalue weighted by Crippen LogP contribution is -2.52. The molecule has 0 aromatic heterocycles. The summed E-state index contributed by atoms with van der Waals surface area (Å²) in [5.74, 6) is 0.138. The van der Waals surface area contributed by atoms with Crippen LogP contribution in [0.1, 0.15) is 37.8 Å². The Labute approximate surface area is 243 Å². The number of anilines is 1. The first-order valence-corrected chi connectivity index (χ1v) is 15.0. The quantitative estimate of drug-likeness (QED) is 0.300. The summed E-state index contributed by atoms with van der Waals surface area (Å²) < 4.78 is 39.8. The molecule has 0 spiro atoms. The van der Waals surface area contributed by atoms with Gasteiger partial charge in [0.25, 0.3) is 10.0 Å². The molecule has 0 aliphatic rings. The number of carbonyl (C=O) groups excluding carboxylic acids is 2. The SMILES string of the molecule is CCCNC(=O)[C@H](CC)N(Cc1ccc(OC)cc1)C(=O)CN(c1ccccc1OC)S(=O)(=O)c1ccc(C)cc1. The van der Waals surface area contributed by atoms with Crippen molar-refractivity contribution in [2.45, 2.75) is 51.1 Å². The Bertz CT molecular complexity index is 1410. The fraction of sp³-hybridized carbons (Fsp3) is 0.355. The van der Waals surface area contributed by atoms with E-state index in [1.807, 2.05) is 32.9 Å². The minimum Gasteiger partial charge on any atom is -0.497 e. The van der Waals surface area contributed by atoms with Crippen molar-refractivity contribution in [3.05, 3.63) is 83.9 Å². The van der Waals surface area contributed by atoms with Crippen LogP contribution in [0.3, 0.4) is 0 Å². The van der Waals surface area contributed by atoms with Crippen LogP contribution in [0.5, 0.6) is 11.5 Å². The molecule has 0 saturated heterocycles. The van der Waals surface area contributed by atoms with Crippen LogP contribution in [0.2, 0.25) is 0 Å². The second-order valence-electron chi connectivity index (χ2n) is 9.58. The Morgan fingerprint density at radius 1 is 0.902 bits per heavy atom. The number of carbonyl (C=O) groups is 2. The van der Waals surface area contributed by atoms with Gasteiger partial charge in [-0.05, 0) is 61.7 Å². The summed E-state index contributed by atoms with van der Waals surface area (Å²) in [6, 6.07) is 19.5. The highest BCUT2D eigenvalue weighted by atomic mass is 32.2. The minimum absolute atomic E-state index is 0.0382. The van der Waals surface area contributed by atoms with Crippen molar-refractivity contribution in [2.24, 2.45) is 0 Å². The van der Waals surface area contributed by atoms with Crippen LogP contribution in [-0.2, 0) is 26.2 Å². The first kappa shape index (κ1) is 31.5. The summed E-state index contributed by atoms with van der Waals surface area (Å²) in [6.07, 6.45) is 1.09. The predicted molar refractivity (Wildman–Crippen MR) is 160 cm³/mol. The summed E-state index contributed by atoms with van der Waals surface area (Å²) in [4.78, 5) is 28.8. The van der Waals surface area contributed by atoms with Crippen molar-refractivity contribution < 1.29 is 27.5 Å². The van der Waals surface area contributed by atoms with E-state index in [0.717, 1.165) is 21.9 Å². The molecule has 2 amide bonds. The van der Waals surface area contributed by atoms with E-state index in [2.05, 4.69) is 5.32 Å². The second-order valence-corrected chi connectivity index (χ2v) is 11.4. The lowest BCUT2D eigenvalue weighted by atomic mass is 10.1. The molecule has 1 atom stereocenters. The van der Waals surface area contributed by atoms with Crippen LogP contribution in [0.25, 0.3) is 0 Å². The van der Waals surface area contributed by atoms with Gasteiger partial charge in [0.05, 0.1) is 24.8 Å². The third-order valence-corrected chi connectivity index (χ3v) is 8.46. The van der Waals surface area contributed by atoms with Gasteiger partial charge in [-0.3, -0.25) is 13.9 Å². The van der Waals surface area contributed by atoms with Gasteiger partial charge in [-0.25, -0.2) is 8.42 Å². The smallest absolute Gasteiger partial charge is 0.264 e. The number of hydrogen-bond donors (Lipinski definition) is 1. The van der Waals surface area contributed by atoms with Crippen molar-refractivity contribution in [3.63, 3.8) is 0 Å². The van der Waals surface area contributed by atoms with Gasteiger partial charge in [-0.1, -0.05) is 55.8 Å². The standard InChI is InChI=1S/C31H39N3O6S/c1-6-20-32-31(36)27(7-2)33(21-24-14-16-25(39-4)17-15-24)30(35)22-34(28-10-8-9-11-29(28)40-5)41(37,38)26-18-12-23(3)13-19-26/h8-19,27H,6-7,20-22H2,1-5H3,(H,32,36)/t27-/m0/s1. The highest BCUT2D eigenvalue weighted by molar-refractivity contribution is 7.92. The Morgan fingerprint density at radius 2 is 1.56 bits per heavy atom. The zero-order chi connectivity index (χ0) is 30.0. The Morgan fingerprint density at radius 3 is 2.15 bits per heavy atom. The number of methoxy groups -OCH3 is 2. The molecule has 0 radical (unpaired) electrons. The molecule has 0 saturated carbocycles. The molecule has 0 fully saturated rings. The van der Waals surface area contributed by atoms with E-state index >= 15 is 0 Å². The number of nitrogens with one attached hydrogen (secondary N) is 1. The third kappa shape index (κ3) is 7.79. The van der Waals surface area contributed by atoms with Crippen LogP contribution in [0, 0.1) is 6.92 Å². The molecule has 0 unspecified atom stereocenters. The fourth-order valence-corrected chi connectivity index (χ4v) is 5.82. The number of sulfonamides is 1. The van der Waals surface area contributed by atoms with Gasteiger partial charge >= 0.3 is 0 Å². The van der Waals surface area contributed by atoms with Gasteiger partial charge in [0.2, 0.25) is 11.8 Å². The average Bonchev–Trinajstić information content (AvgIpc) is 2.99.